The first-order valence-corrected chi connectivity index (χ1v) is 6.05. The van der Waals surface area contributed by atoms with Gasteiger partial charge in [-0.05, 0) is 31.7 Å². The summed E-state index contributed by atoms with van der Waals surface area (Å²) in [4.78, 5) is 21.9. The van der Waals surface area contributed by atoms with Crippen molar-refractivity contribution in [2.24, 2.45) is 5.92 Å². The highest BCUT2D eigenvalue weighted by atomic mass is 16.6. The average Bonchev–Trinajstić information content (AvgIpc) is 3.20. The van der Waals surface area contributed by atoms with Gasteiger partial charge in [0, 0.05) is 12.3 Å². The molecule has 19 heavy (non-hydrogen) atoms. The number of nitrogens with one attached hydrogen (secondary N) is 2. The fourth-order valence-electron chi connectivity index (χ4n) is 1.73. The molecule has 0 aliphatic heterocycles. The second-order valence-corrected chi connectivity index (χ2v) is 4.54. The van der Waals surface area contributed by atoms with Gasteiger partial charge in [0.2, 0.25) is 0 Å². The number of nitro groups is 1. The van der Waals surface area contributed by atoms with Gasteiger partial charge in [0.05, 0.1) is 4.92 Å². The van der Waals surface area contributed by atoms with Crippen molar-refractivity contribution in [1.82, 2.24) is 5.32 Å². The Hall–Kier alpha value is -2.37. The lowest BCUT2D eigenvalue weighted by atomic mass is 10.2. The number of carbonyl (C=O) groups excluding carboxylic acids is 1. The summed E-state index contributed by atoms with van der Waals surface area (Å²) in [7, 11) is 0. The Labute approximate surface area is 110 Å². The van der Waals surface area contributed by atoms with Gasteiger partial charge in [0.15, 0.2) is 0 Å². The Morgan fingerprint density at radius 2 is 2.11 bits per heavy atom. The fourth-order valence-corrected chi connectivity index (χ4v) is 1.73. The number of amides is 2. The molecule has 6 nitrogen and oxygen atoms in total. The van der Waals surface area contributed by atoms with Crippen LogP contribution in [0.3, 0.4) is 0 Å². The van der Waals surface area contributed by atoms with Crippen LogP contribution in [0.5, 0.6) is 0 Å². The molecule has 0 aromatic heterocycles. The molecule has 0 radical (unpaired) electrons. The number of carbonyl (C=O) groups is 1. The minimum absolute atomic E-state index is 0.124. The van der Waals surface area contributed by atoms with Crippen LogP contribution in [0.4, 0.5) is 16.2 Å². The highest BCUT2D eigenvalue weighted by Crippen LogP contribution is 2.35. The van der Waals surface area contributed by atoms with Gasteiger partial charge in [-0.25, -0.2) is 4.79 Å². The smallest absolute Gasteiger partial charge is 0.314 e. The third-order valence-electron chi connectivity index (χ3n) is 3.00. The van der Waals surface area contributed by atoms with Crippen molar-refractivity contribution in [3.8, 4) is 0 Å². The van der Waals surface area contributed by atoms with E-state index in [0.29, 0.717) is 5.92 Å². The zero-order chi connectivity index (χ0) is 13.8. The molecular formula is C13H15N3O3. The molecule has 2 amide bonds. The molecule has 0 unspecified atom stereocenters. The van der Waals surface area contributed by atoms with E-state index in [2.05, 4.69) is 10.6 Å². The number of nitro benzene ring substituents is 1. The van der Waals surface area contributed by atoms with Gasteiger partial charge in [0.1, 0.15) is 5.69 Å². The van der Waals surface area contributed by atoms with E-state index in [1.54, 1.807) is 18.3 Å². The average molecular weight is 261 g/mol. The van der Waals surface area contributed by atoms with Crippen molar-refractivity contribution >= 4 is 17.4 Å². The maximum atomic E-state index is 11.6. The molecular weight excluding hydrogens is 246 g/mol. The number of rotatable bonds is 4. The maximum absolute atomic E-state index is 11.6. The zero-order valence-corrected chi connectivity index (χ0v) is 10.6. The number of para-hydroxylation sites is 2. The minimum Gasteiger partial charge on any atom is -0.314 e. The SMILES string of the molecule is C/C(=C\NC(=O)Nc1ccccc1[N+](=O)[O-])C1CC1. The summed E-state index contributed by atoms with van der Waals surface area (Å²) in [6.07, 6.45) is 3.98. The number of urea groups is 1. The summed E-state index contributed by atoms with van der Waals surface area (Å²) in [5.74, 6) is 0.575. The van der Waals surface area contributed by atoms with E-state index < -0.39 is 11.0 Å². The van der Waals surface area contributed by atoms with Crippen LogP contribution >= 0.6 is 0 Å². The number of nitrogens with zero attached hydrogens (tertiary/aromatic N) is 1. The van der Waals surface area contributed by atoms with E-state index in [1.807, 2.05) is 6.92 Å². The highest BCUT2D eigenvalue weighted by molar-refractivity contribution is 5.92. The van der Waals surface area contributed by atoms with E-state index in [1.165, 1.54) is 12.1 Å². The molecule has 2 rings (SSSR count). The van der Waals surface area contributed by atoms with Crippen LogP contribution < -0.4 is 10.6 Å². The summed E-state index contributed by atoms with van der Waals surface area (Å²) >= 11 is 0. The molecule has 2 N–H and O–H groups in total. The van der Waals surface area contributed by atoms with Crippen LogP contribution in [0.25, 0.3) is 0 Å². The number of benzene rings is 1. The molecule has 1 aromatic rings. The Balaban J connectivity index is 1.98. The summed E-state index contributed by atoms with van der Waals surface area (Å²) in [5.41, 5.74) is 1.18. The predicted octanol–water partition coefficient (Wildman–Crippen LogP) is 3.03. The van der Waals surface area contributed by atoms with Crippen LogP contribution in [0.2, 0.25) is 0 Å². The first-order valence-electron chi connectivity index (χ1n) is 6.05. The van der Waals surface area contributed by atoms with Crippen LogP contribution in [-0.2, 0) is 0 Å². The standard InChI is InChI=1S/C13H15N3O3/c1-9(10-6-7-10)8-14-13(17)15-11-4-2-3-5-12(11)16(18)19/h2-5,8,10H,6-7H2,1H3,(H2,14,15,17)/b9-8+. The maximum Gasteiger partial charge on any atom is 0.323 e. The lowest BCUT2D eigenvalue weighted by molar-refractivity contribution is -0.383. The summed E-state index contributed by atoms with van der Waals surface area (Å²) in [6.45, 7) is 1.96. The van der Waals surface area contributed by atoms with E-state index in [4.69, 9.17) is 0 Å². The molecule has 0 atom stereocenters. The van der Waals surface area contributed by atoms with Crippen molar-refractivity contribution in [2.45, 2.75) is 19.8 Å². The number of hydrogen-bond donors (Lipinski definition) is 2. The van der Waals surface area contributed by atoms with E-state index in [9.17, 15) is 14.9 Å². The largest absolute Gasteiger partial charge is 0.323 e. The third-order valence-corrected chi connectivity index (χ3v) is 3.00. The van der Waals surface area contributed by atoms with Crippen molar-refractivity contribution in [3.63, 3.8) is 0 Å². The molecule has 1 saturated carbocycles. The molecule has 0 saturated heterocycles. The van der Waals surface area contributed by atoms with E-state index >= 15 is 0 Å². The molecule has 100 valence electrons. The van der Waals surface area contributed by atoms with Crippen LogP contribution in [0.15, 0.2) is 36.0 Å². The van der Waals surface area contributed by atoms with Gasteiger partial charge in [-0.2, -0.15) is 0 Å². The Kier molecular flexibility index (Phi) is 3.79. The monoisotopic (exact) mass is 261 g/mol. The molecule has 0 bridgehead atoms. The second kappa shape index (κ2) is 5.51. The topological polar surface area (TPSA) is 84.3 Å². The van der Waals surface area contributed by atoms with Gasteiger partial charge < -0.3 is 10.6 Å². The van der Waals surface area contributed by atoms with E-state index in [-0.39, 0.29) is 11.4 Å². The number of anilines is 1. The van der Waals surface area contributed by atoms with Crippen LogP contribution in [0, 0.1) is 16.0 Å². The van der Waals surface area contributed by atoms with Crippen molar-refractivity contribution < 1.29 is 9.72 Å². The summed E-state index contributed by atoms with van der Waals surface area (Å²) in [5, 5.41) is 15.8. The molecule has 1 aliphatic carbocycles. The Morgan fingerprint density at radius 1 is 1.42 bits per heavy atom. The van der Waals surface area contributed by atoms with Crippen molar-refractivity contribution in [2.75, 3.05) is 5.32 Å². The first-order chi connectivity index (χ1) is 9.08. The Bertz CT molecular complexity index is 536. The van der Waals surface area contributed by atoms with Gasteiger partial charge in [0.25, 0.3) is 5.69 Å². The molecule has 0 spiro atoms. The summed E-state index contributed by atoms with van der Waals surface area (Å²) < 4.78 is 0. The Morgan fingerprint density at radius 3 is 2.74 bits per heavy atom. The normalized spacial score (nSPS) is 14.9. The molecule has 1 aliphatic rings. The van der Waals surface area contributed by atoms with E-state index in [0.717, 1.165) is 18.4 Å². The molecule has 1 aromatic carbocycles. The quantitative estimate of drug-likeness (QED) is 0.645. The highest BCUT2D eigenvalue weighted by Gasteiger charge is 2.23. The summed E-state index contributed by atoms with van der Waals surface area (Å²) in [6, 6.07) is 5.55. The third kappa shape index (κ3) is 3.54. The predicted molar refractivity (Wildman–Crippen MR) is 71.7 cm³/mol. The van der Waals surface area contributed by atoms with Crippen molar-refractivity contribution in [3.05, 3.63) is 46.2 Å². The first kappa shape index (κ1) is 13.1. The van der Waals surface area contributed by atoms with Crippen LogP contribution in [-0.4, -0.2) is 11.0 Å². The van der Waals surface area contributed by atoms with Gasteiger partial charge in [-0.1, -0.05) is 17.7 Å². The van der Waals surface area contributed by atoms with Gasteiger partial charge in [-0.15, -0.1) is 0 Å². The number of allylic oxidation sites excluding steroid dienone is 1. The fraction of sp³-hybridized carbons (Fsp3) is 0.308. The lowest BCUT2D eigenvalue weighted by Gasteiger charge is -2.06. The van der Waals surface area contributed by atoms with Gasteiger partial charge >= 0.3 is 6.03 Å². The number of hydrogen-bond acceptors (Lipinski definition) is 3. The van der Waals surface area contributed by atoms with Crippen LogP contribution in [0.1, 0.15) is 19.8 Å². The van der Waals surface area contributed by atoms with Crippen molar-refractivity contribution in [1.29, 1.82) is 0 Å². The zero-order valence-electron chi connectivity index (χ0n) is 10.6. The second-order valence-electron chi connectivity index (χ2n) is 4.54. The minimum atomic E-state index is -0.527. The molecule has 0 heterocycles. The lowest BCUT2D eigenvalue weighted by Crippen LogP contribution is -2.24. The molecule has 6 heteroatoms. The van der Waals surface area contributed by atoms with Gasteiger partial charge in [-0.3, -0.25) is 10.1 Å². The molecule has 1 fully saturated rings.